The van der Waals surface area contributed by atoms with E-state index < -0.39 is 0 Å². The predicted octanol–water partition coefficient (Wildman–Crippen LogP) is 2.55. The number of nitrogens with zero attached hydrogens (tertiary/aromatic N) is 5. The first kappa shape index (κ1) is 16.3. The highest BCUT2D eigenvalue weighted by molar-refractivity contribution is 5.97. The lowest BCUT2D eigenvalue weighted by molar-refractivity contribution is -0.118. The number of amides is 1. The number of anilines is 2. The molecule has 3 heterocycles. The zero-order valence-electron chi connectivity index (χ0n) is 14.5. The van der Waals surface area contributed by atoms with Crippen LogP contribution in [0.1, 0.15) is 12.3 Å². The number of hydrogen-bond acceptors (Lipinski definition) is 6. The third-order valence-corrected chi connectivity index (χ3v) is 4.46. The largest absolute Gasteiger partial charge is 0.371 e. The molecule has 132 valence electrons. The van der Waals surface area contributed by atoms with E-state index in [2.05, 4.69) is 20.0 Å². The van der Waals surface area contributed by atoms with E-state index in [1.165, 1.54) is 0 Å². The van der Waals surface area contributed by atoms with Gasteiger partial charge in [0.15, 0.2) is 0 Å². The van der Waals surface area contributed by atoms with Crippen molar-refractivity contribution < 1.29 is 9.32 Å². The molecule has 2 aromatic heterocycles. The highest BCUT2D eigenvalue weighted by Crippen LogP contribution is 2.32. The summed E-state index contributed by atoms with van der Waals surface area (Å²) in [5.41, 5.74) is 2.68. The van der Waals surface area contributed by atoms with Gasteiger partial charge in [0.2, 0.25) is 17.6 Å². The molecule has 0 atom stereocenters. The van der Waals surface area contributed by atoms with Crippen LogP contribution >= 0.6 is 0 Å². The van der Waals surface area contributed by atoms with Gasteiger partial charge < -0.3 is 14.3 Å². The predicted molar refractivity (Wildman–Crippen MR) is 97.9 cm³/mol. The number of para-hydroxylation sites is 2. The first-order chi connectivity index (χ1) is 12.7. The Morgan fingerprint density at radius 2 is 1.92 bits per heavy atom. The zero-order valence-corrected chi connectivity index (χ0v) is 14.5. The van der Waals surface area contributed by atoms with Gasteiger partial charge >= 0.3 is 0 Å². The number of likely N-dealkylation sites (N-methyl/N-ethyl adjacent to an activating group) is 1. The minimum absolute atomic E-state index is 0.0585. The molecular formula is C19H19N5O2. The summed E-state index contributed by atoms with van der Waals surface area (Å²) in [6.45, 7) is 1.49. The molecule has 1 aliphatic rings. The number of benzene rings is 1. The van der Waals surface area contributed by atoms with Crippen molar-refractivity contribution in [1.82, 2.24) is 15.1 Å². The van der Waals surface area contributed by atoms with Crippen molar-refractivity contribution in [2.45, 2.75) is 12.8 Å². The van der Waals surface area contributed by atoms with Gasteiger partial charge in [0, 0.05) is 39.2 Å². The second-order valence-electron chi connectivity index (χ2n) is 6.18. The standard InChI is InChI=1S/C19H19N5O2/c1-23-12-13-24(16-8-3-2-7-15(16)23)18(25)10-9-17-21-19(22-26-17)14-6-4-5-11-20-14/h2-8,11H,9-10,12-13H2,1H3. The van der Waals surface area contributed by atoms with Crippen LogP contribution in [-0.4, -0.2) is 41.2 Å². The molecule has 4 rings (SSSR count). The molecule has 1 amide bonds. The molecule has 0 radical (unpaired) electrons. The van der Waals surface area contributed by atoms with Crippen molar-refractivity contribution in [3.8, 4) is 11.5 Å². The maximum Gasteiger partial charge on any atom is 0.227 e. The van der Waals surface area contributed by atoms with Gasteiger partial charge in [0.1, 0.15) is 5.69 Å². The molecule has 0 bridgehead atoms. The third-order valence-electron chi connectivity index (χ3n) is 4.46. The van der Waals surface area contributed by atoms with E-state index in [-0.39, 0.29) is 5.91 Å². The summed E-state index contributed by atoms with van der Waals surface area (Å²) in [7, 11) is 2.04. The van der Waals surface area contributed by atoms with E-state index in [9.17, 15) is 4.79 Å². The lowest BCUT2D eigenvalue weighted by atomic mass is 10.1. The van der Waals surface area contributed by atoms with Gasteiger partial charge in [-0.15, -0.1) is 0 Å². The number of aromatic nitrogens is 3. The monoisotopic (exact) mass is 349 g/mol. The topological polar surface area (TPSA) is 75.4 Å². The molecule has 7 heteroatoms. The quantitative estimate of drug-likeness (QED) is 0.720. The Bertz CT molecular complexity index is 909. The molecule has 0 saturated heterocycles. The average molecular weight is 349 g/mol. The third kappa shape index (κ3) is 3.15. The maximum absolute atomic E-state index is 12.7. The molecule has 0 aliphatic carbocycles. The van der Waals surface area contributed by atoms with Gasteiger partial charge in [-0.2, -0.15) is 4.98 Å². The fraction of sp³-hybridized carbons (Fsp3) is 0.263. The van der Waals surface area contributed by atoms with Gasteiger partial charge in [0.05, 0.1) is 11.4 Å². The van der Waals surface area contributed by atoms with Gasteiger partial charge in [0.25, 0.3) is 0 Å². The van der Waals surface area contributed by atoms with Crippen LogP contribution in [0, 0.1) is 0 Å². The number of pyridine rings is 1. The normalized spacial score (nSPS) is 13.6. The number of carbonyl (C=O) groups is 1. The van der Waals surface area contributed by atoms with E-state index in [0.29, 0.717) is 36.8 Å². The summed E-state index contributed by atoms with van der Waals surface area (Å²) in [6.07, 6.45) is 2.41. The minimum atomic E-state index is 0.0585. The van der Waals surface area contributed by atoms with Crippen LogP contribution < -0.4 is 9.80 Å². The SMILES string of the molecule is CN1CCN(C(=O)CCc2nc(-c3ccccn3)no2)c2ccccc21. The highest BCUT2D eigenvalue weighted by atomic mass is 16.5. The molecule has 1 aromatic carbocycles. The van der Waals surface area contributed by atoms with Crippen LogP contribution in [0.25, 0.3) is 11.5 Å². The minimum Gasteiger partial charge on any atom is -0.371 e. The average Bonchev–Trinajstić information content (AvgIpc) is 3.16. The van der Waals surface area contributed by atoms with Crippen molar-refractivity contribution in [3.63, 3.8) is 0 Å². The van der Waals surface area contributed by atoms with E-state index in [4.69, 9.17) is 4.52 Å². The van der Waals surface area contributed by atoms with Crippen molar-refractivity contribution in [2.24, 2.45) is 0 Å². The summed E-state index contributed by atoms with van der Waals surface area (Å²) < 4.78 is 5.26. The first-order valence-corrected chi connectivity index (χ1v) is 8.57. The number of carbonyl (C=O) groups excluding carboxylic acids is 1. The summed E-state index contributed by atoms with van der Waals surface area (Å²) in [4.78, 5) is 25.3. The summed E-state index contributed by atoms with van der Waals surface area (Å²) >= 11 is 0. The molecule has 1 aliphatic heterocycles. The number of fused-ring (bicyclic) bond motifs is 1. The van der Waals surface area contributed by atoms with Crippen LogP contribution in [0.4, 0.5) is 11.4 Å². The molecule has 3 aromatic rings. The zero-order chi connectivity index (χ0) is 17.9. The van der Waals surface area contributed by atoms with E-state index in [0.717, 1.165) is 17.9 Å². The van der Waals surface area contributed by atoms with Gasteiger partial charge in [-0.25, -0.2) is 0 Å². The van der Waals surface area contributed by atoms with Crippen LogP contribution in [-0.2, 0) is 11.2 Å². The van der Waals surface area contributed by atoms with Gasteiger partial charge in [-0.1, -0.05) is 23.4 Å². The maximum atomic E-state index is 12.7. The van der Waals surface area contributed by atoms with E-state index in [1.54, 1.807) is 6.20 Å². The lowest BCUT2D eigenvalue weighted by Crippen LogP contribution is -2.42. The van der Waals surface area contributed by atoms with Crippen LogP contribution in [0.5, 0.6) is 0 Å². The Hall–Kier alpha value is -3.22. The number of rotatable bonds is 4. The summed E-state index contributed by atoms with van der Waals surface area (Å²) in [5, 5.41) is 3.94. The van der Waals surface area contributed by atoms with Crippen LogP contribution in [0.15, 0.2) is 53.2 Å². The van der Waals surface area contributed by atoms with Crippen molar-refractivity contribution in [1.29, 1.82) is 0 Å². The molecular weight excluding hydrogens is 330 g/mol. The van der Waals surface area contributed by atoms with Gasteiger partial charge in [-0.05, 0) is 24.3 Å². The number of aryl methyl sites for hydroxylation is 1. The van der Waals surface area contributed by atoms with Crippen molar-refractivity contribution in [2.75, 3.05) is 29.9 Å². The molecule has 26 heavy (non-hydrogen) atoms. The molecule has 0 spiro atoms. The molecule has 0 unspecified atom stereocenters. The van der Waals surface area contributed by atoms with Crippen LogP contribution in [0.2, 0.25) is 0 Å². The fourth-order valence-electron chi connectivity index (χ4n) is 3.07. The van der Waals surface area contributed by atoms with Gasteiger partial charge in [-0.3, -0.25) is 9.78 Å². The summed E-state index contributed by atoms with van der Waals surface area (Å²) in [6, 6.07) is 13.5. The summed E-state index contributed by atoms with van der Waals surface area (Å²) in [5.74, 6) is 0.947. The van der Waals surface area contributed by atoms with Crippen molar-refractivity contribution >= 4 is 17.3 Å². The Morgan fingerprint density at radius 1 is 1.12 bits per heavy atom. The van der Waals surface area contributed by atoms with E-state index >= 15 is 0 Å². The van der Waals surface area contributed by atoms with E-state index in [1.807, 2.05) is 54.4 Å². The second-order valence-corrected chi connectivity index (χ2v) is 6.18. The van der Waals surface area contributed by atoms with Crippen LogP contribution in [0.3, 0.4) is 0 Å². The Kier molecular flexibility index (Phi) is 4.35. The second kappa shape index (κ2) is 6.95. The number of hydrogen-bond donors (Lipinski definition) is 0. The van der Waals surface area contributed by atoms with Crippen molar-refractivity contribution in [3.05, 3.63) is 54.6 Å². The Balaban J connectivity index is 1.44. The highest BCUT2D eigenvalue weighted by Gasteiger charge is 2.25. The Labute approximate surface area is 151 Å². The molecule has 0 N–H and O–H groups in total. The molecule has 0 saturated carbocycles. The first-order valence-electron chi connectivity index (χ1n) is 8.57. The smallest absolute Gasteiger partial charge is 0.227 e. The lowest BCUT2D eigenvalue weighted by Gasteiger charge is -2.35. The molecule has 7 nitrogen and oxygen atoms in total. The fourth-order valence-corrected chi connectivity index (χ4v) is 3.07. The molecule has 0 fully saturated rings. The Morgan fingerprint density at radius 3 is 2.73 bits per heavy atom.